The first-order valence-electron chi connectivity index (χ1n) is 8.65. The maximum absolute atomic E-state index is 12.8. The number of carbonyl (C=O) groups is 1. The van der Waals surface area contributed by atoms with E-state index in [1.165, 1.54) is 18.4 Å². The molecule has 4 rings (SSSR count). The van der Waals surface area contributed by atoms with Gasteiger partial charge in [-0.15, -0.1) is 0 Å². The number of carbonyl (C=O) groups excluding carboxylic acids is 1. The van der Waals surface area contributed by atoms with Gasteiger partial charge in [0.25, 0.3) is 0 Å². The summed E-state index contributed by atoms with van der Waals surface area (Å²) in [5.74, 6) is -1.34. The number of para-hydroxylation sites is 2. The second kappa shape index (κ2) is 7.08. The summed E-state index contributed by atoms with van der Waals surface area (Å²) in [6.07, 6.45) is 1.23. The summed E-state index contributed by atoms with van der Waals surface area (Å²) in [6.45, 7) is 0. The fourth-order valence-electron chi connectivity index (χ4n) is 3.29. The van der Waals surface area contributed by atoms with Crippen LogP contribution in [0.2, 0.25) is 0 Å². The molecule has 0 radical (unpaired) electrons. The molecule has 0 saturated carbocycles. The van der Waals surface area contributed by atoms with Crippen molar-refractivity contribution < 1.29 is 23.8 Å². The van der Waals surface area contributed by atoms with Gasteiger partial charge in [0.2, 0.25) is 0 Å². The molecule has 6 heteroatoms. The number of benzene rings is 2. The molecule has 1 unspecified atom stereocenters. The van der Waals surface area contributed by atoms with Gasteiger partial charge in [-0.25, -0.2) is 4.79 Å². The number of phenols is 1. The first-order valence-corrected chi connectivity index (χ1v) is 8.65. The minimum atomic E-state index is -0.872. The van der Waals surface area contributed by atoms with Crippen LogP contribution in [-0.2, 0) is 0 Å². The van der Waals surface area contributed by atoms with E-state index in [1.807, 2.05) is 0 Å². The third-order valence-electron chi connectivity index (χ3n) is 4.65. The number of phenolic OH excluding ortho intramolecular Hbond substituents is 1. The Kier molecular flexibility index (Phi) is 4.45. The lowest BCUT2D eigenvalue weighted by molar-refractivity contribution is 0.0972. The number of furan rings is 1. The van der Waals surface area contributed by atoms with E-state index in [0.29, 0.717) is 11.1 Å². The Morgan fingerprint density at radius 1 is 0.964 bits per heavy atom. The van der Waals surface area contributed by atoms with Gasteiger partial charge in [0.1, 0.15) is 22.8 Å². The van der Waals surface area contributed by atoms with Gasteiger partial charge in [0.15, 0.2) is 5.78 Å². The molecule has 28 heavy (non-hydrogen) atoms. The molecule has 0 aliphatic rings. The van der Waals surface area contributed by atoms with E-state index in [4.69, 9.17) is 8.83 Å². The summed E-state index contributed by atoms with van der Waals surface area (Å²) in [4.78, 5) is 25.5. The lowest BCUT2D eigenvalue weighted by Gasteiger charge is -2.16. The molecule has 140 valence electrons. The topological polar surface area (TPSA) is 101 Å². The van der Waals surface area contributed by atoms with Gasteiger partial charge in [-0.3, -0.25) is 4.79 Å². The SMILES string of the molecule is O=C(CC(c1ccco1)c1c(O)c2ccccc2oc1=O)c1ccccc1O. The number of hydrogen-bond acceptors (Lipinski definition) is 6. The fourth-order valence-corrected chi connectivity index (χ4v) is 3.29. The molecule has 2 heterocycles. The molecule has 0 amide bonds. The van der Waals surface area contributed by atoms with E-state index in [0.717, 1.165) is 0 Å². The van der Waals surface area contributed by atoms with E-state index < -0.39 is 17.3 Å². The van der Waals surface area contributed by atoms with Crippen LogP contribution in [0.25, 0.3) is 11.0 Å². The minimum absolute atomic E-state index is 0.0579. The fraction of sp³-hybridized carbons (Fsp3) is 0.0909. The zero-order chi connectivity index (χ0) is 19.7. The summed E-state index contributed by atoms with van der Waals surface area (Å²) >= 11 is 0. The highest BCUT2D eigenvalue weighted by atomic mass is 16.4. The van der Waals surface area contributed by atoms with E-state index >= 15 is 0 Å². The molecule has 0 fully saturated rings. The highest BCUT2D eigenvalue weighted by Gasteiger charge is 2.29. The Hall–Kier alpha value is -3.80. The third kappa shape index (κ3) is 3.05. The van der Waals surface area contributed by atoms with Crippen LogP contribution in [0.1, 0.15) is 34.0 Å². The number of rotatable bonds is 5. The minimum Gasteiger partial charge on any atom is -0.507 e. The molecule has 0 aliphatic carbocycles. The van der Waals surface area contributed by atoms with Crippen molar-refractivity contribution >= 4 is 16.8 Å². The average molecular weight is 376 g/mol. The predicted octanol–water partition coefficient (Wildman–Crippen LogP) is 4.20. The molecule has 2 aromatic carbocycles. The van der Waals surface area contributed by atoms with Crippen LogP contribution in [0, 0.1) is 0 Å². The van der Waals surface area contributed by atoms with Crippen molar-refractivity contribution in [3.8, 4) is 11.5 Å². The number of ketones is 1. The lowest BCUT2D eigenvalue weighted by Crippen LogP contribution is -2.17. The first-order chi connectivity index (χ1) is 13.6. The zero-order valence-electron chi connectivity index (χ0n) is 14.7. The Bertz CT molecular complexity index is 1200. The Morgan fingerprint density at radius 3 is 2.46 bits per heavy atom. The van der Waals surface area contributed by atoms with E-state index in [-0.39, 0.29) is 34.6 Å². The Morgan fingerprint density at radius 2 is 1.71 bits per heavy atom. The van der Waals surface area contributed by atoms with Crippen LogP contribution in [0.4, 0.5) is 0 Å². The van der Waals surface area contributed by atoms with Crippen molar-refractivity contribution in [3.63, 3.8) is 0 Å². The summed E-state index contributed by atoms with van der Waals surface area (Å²) in [7, 11) is 0. The normalized spacial score (nSPS) is 12.1. The monoisotopic (exact) mass is 376 g/mol. The van der Waals surface area contributed by atoms with Crippen molar-refractivity contribution in [2.75, 3.05) is 0 Å². The molecule has 0 aliphatic heterocycles. The molecular weight excluding hydrogens is 360 g/mol. The Labute approximate surface area is 159 Å². The van der Waals surface area contributed by atoms with Gasteiger partial charge in [-0.2, -0.15) is 0 Å². The van der Waals surface area contributed by atoms with Crippen molar-refractivity contribution in [1.29, 1.82) is 0 Å². The van der Waals surface area contributed by atoms with E-state index in [9.17, 15) is 19.8 Å². The van der Waals surface area contributed by atoms with Gasteiger partial charge in [0, 0.05) is 6.42 Å². The molecule has 6 nitrogen and oxygen atoms in total. The van der Waals surface area contributed by atoms with Crippen molar-refractivity contribution in [2.24, 2.45) is 0 Å². The van der Waals surface area contributed by atoms with Gasteiger partial charge in [0.05, 0.1) is 28.7 Å². The van der Waals surface area contributed by atoms with Crippen molar-refractivity contribution in [2.45, 2.75) is 12.3 Å². The Balaban J connectivity index is 1.85. The van der Waals surface area contributed by atoms with Crippen LogP contribution >= 0.6 is 0 Å². The van der Waals surface area contributed by atoms with Gasteiger partial charge in [-0.05, 0) is 36.4 Å². The quantitative estimate of drug-likeness (QED) is 0.400. The van der Waals surface area contributed by atoms with Crippen molar-refractivity contribution in [3.05, 3.63) is 94.2 Å². The predicted molar refractivity (Wildman–Crippen MR) is 102 cm³/mol. The van der Waals surface area contributed by atoms with Crippen LogP contribution in [0.15, 0.2) is 80.6 Å². The molecule has 1 atom stereocenters. The van der Waals surface area contributed by atoms with Crippen LogP contribution < -0.4 is 5.63 Å². The summed E-state index contributed by atoms with van der Waals surface area (Å²) < 4.78 is 10.8. The summed E-state index contributed by atoms with van der Waals surface area (Å²) in [6, 6.07) is 16.0. The third-order valence-corrected chi connectivity index (χ3v) is 4.65. The van der Waals surface area contributed by atoms with Gasteiger partial charge >= 0.3 is 5.63 Å². The van der Waals surface area contributed by atoms with E-state index in [2.05, 4.69) is 0 Å². The standard InChI is InChI=1S/C22H16O6/c23-16-8-3-1-6-13(16)17(24)12-15(18-10-5-11-27-18)20-21(25)14-7-2-4-9-19(14)28-22(20)26/h1-11,15,23,25H,12H2. The van der Waals surface area contributed by atoms with Gasteiger partial charge in [-0.1, -0.05) is 24.3 Å². The lowest BCUT2D eigenvalue weighted by atomic mass is 9.89. The largest absolute Gasteiger partial charge is 0.507 e. The van der Waals surface area contributed by atoms with Crippen LogP contribution in [-0.4, -0.2) is 16.0 Å². The summed E-state index contributed by atoms with van der Waals surface area (Å²) in [5.41, 5.74) is -0.428. The molecular formula is C22H16O6. The highest BCUT2D eigenvalue weighted by molar-refractivity contribution is 5.99. The molecule has 0 bridgehead atoms. The molecule has 4 aromatic rings. The average Bonchev–Trinajstić information content (AvgIpc) is 3.22. The first kappa shape index (κ1) is 17.6. The maximum atomic E-state index is 12.8. The molecule has 2 aromatic heterocycles. The maximum Gasteiger partial charge on any atom is 0.343 e. The smallest absolute Gasteiger partial charge is 0.343 e. The van der Waals surface area contributed by atoms with Crippen LogP contribution in [0.3, 0.4) is 0 Å². The zero-order valence-corrected chi connectivity index (χ0v) is 14.7. The van der Waals surface area contributed by atoms with Gasteiger partial charge < -0.3 is 19.0 Å². The number of fused-ring (bicyclic) bond motifs is 1. The second-order valence-corrected chi connectivity index (χ2v) is 6.36. The number of aromatic hydroxyl groups is 2. The second-order valence-electron chi connectivity index (χ2n) is 6.36. The highest BCUT2D eigenvalue weighted by Crippen LogP contribution is 2.37. The number of hydrogen-bond donors (Lipinski definition) is 2. The molecule has 0 saturated heterocycles. The molecule has 2 N–H and O–H groups in total. The summed E-state index contributed by atoms with van der Waals surface area (Å²) in [5, 5.41) is 21.1. The van der Waals surface area contributed by atoms with Crippen molar-refractivity contribution in [1.82, 2.24) is 0 Å². The number of Topliss-reactive ketones (excluding diaryl/α,β-unsaturated/α-hetero) is 1. The van der Waals surface area contributed by atoms with Crippen LogP contribution in [0.5, 0.6) is 11.5 Å². The molecule has 0 spiro atoms. The van der Waals surface area contributed by atoms with E-state index in [1.54, 1.807) is 48.5 Å².